The number of hydrogen-bond acceptors (Lipinski definition) is 9. The maximum Gasteiger partial charge on any atom is 0.327 e. The SMILES string of the molecule is CC1(C)SSC(C)(C)[C@H](C(=O)O)NC(=O)[C@@H](Cc2ccc(F)cc2)NC(=O)CNC(=O)[C@H]1NC(=O)[C@@H](N)Cc1ccc(O)cc1. The Kier molecular flexibility index (Phi) is 11.9. The minimum atomic E-state index is -1.42. The largest absolute Gasteiger partial charge is 0.508 e. The summed E-state index contributed by atoms with van der Waals surface area (Å²) in [5.41, 5.74) is 7.35. The molecule has 1 saturated heterocycles. The third-order valence-electron chi connectivity index (χ3n) is 7.10. The Labute approximate surface area is 268 Å². The van der Waals surface area contributed by atoms with Gasteiger partial charge in [0.15, 0.2) is 0 Å². The number of hydrogen-bond donors (Lipinski definition) is 7. The number of carbonyl (C=O) groups excluding carboxylic acids is 4. The van der Waals surface area contributed by atoms with Crippen LogP contribution in [-0.4, -0.2) is 80.0 Å². The number of amides is 4. The number of phenolic OH excluding ortho intramolecular Hbond substituents is 1. The molecule has 2 aromatic carbocycles. The number of nitrogens with two attached hydrogens (primary N) is 1. The van der Waals surface area contributed by atoms with Crippen LogP contribution in [0.15, 0.2) is 48.5 Å². The lowest BCUT2D eigenvalue weighted by atomic mass is 10.00. The van der Waals surface area contributed by atoms with Crippen LogP contribution in [0.1, 0.15) is 38.8 Å². The zero-order valence-electron chi connectivity index (χ0n) is 25.3. The van der Waals surface area contributed by atoms with Crippen LogP contribution in [0.2, 0.25) is 0 Å². The Morgan fingerprint density at radius 3 is 2.13 bits per heavy atom. The predicted octanol–water partition coefficient (Wildman–Crippen LogP) is 1.25. The highest BCUT2D eigenvalue weighted by Gasteiger charge is 2.44. The molecule has 1 heterocycles. The average Bonchev–Trinajstić information content (AvgIpc) is 2.97. The topological polar surface area (TPSA) is 200 Å². The molecule has 0 aliphatic carbocycles. The summed E-state index contributed by atoms with van der Waals surface area (Å²) in [6.45, 7) is 6.02. The first-order valence-electron chi connectivity index (χ1n) is 14.0. The monoisotopic (exact) mass is 663 g/mol. The summed E-state index contributed by atoms with van der Waals surface area (Å²) in [6, 6.07) is 6.50. The first kappa shape index (κ1) is 35.7. The maximum absolute atomic E-state index is 13.5. The van der Waals surface area contributed by atoms with Crippen LogP contribution in [0.25, 0.3) is 0 Å². The molecule has 8 N–H and O–H groups in total. The van der Waals surface area contributed by atoms with Crippen molar-refractivity contribution in [1.82, 2.24) is 21.3 Å². The van der Waals surface area contributed by atoms with E-state index in [0.29, 0.717) is 11.1 Å². The second-order valence-corrected chi connectivity index (χ2v) is 15.2. The molecule has 244 valence electrons. The van der Waals surface area contributed by atoms with Gasteiger partial charge in [-0.25, -0.2) is 9.18 Å². The predicted molar refractivity (Wildman–Crippen MR) is 170 cm³/mol. The maximum atomic E-state index is 13.5. The van der Waals surface area contributed by atoms with E-state index in [-0.39, 0.29) is 18.6 Å². The summed E-state index contributed by atoms with van der Waals surface area (Å²) in [4.78, 5) is 65.4. The van der Waals surface area contributed by atoms with E-state index in [0.717, 1.165) is 21.6 Å². The number of carboxylic acids is 1. The van der Waals surface area contributed by atoms with Gasteiger partial charge in [0.1, 0.15) is 29.7 Å². The molecule has 2 aromatic rings. The number of carbonyl (C=O) groups is 5. The molecule has 1 fully saturated rings. The van der Waals surface area contributed by atoms with Crippen molar-refractivity contribution in [3.8, 4) is 5.75 Å². The molecule has 0 aromatic heterocycles. The van der Waals surface area contributed by atoms with E-state index in [9.17, 15) is 38.6 Å². The van der Waals surface area contributed by atoms with Gasteiger partial charge in [0.25, 0.3) is 0 Å². The summed E-state index contributed by atoms with van der Waals surface area (Å²) in [5.74, 6) is -4.60. The van der Waals surface area contributed by atoms with E-state index in [1.807, 2.05) is 0 Å². The molecule has 45 heavy (non-hydrogen) atoms. The molecule has 0 spiro atoms. The van der Waals surface area contributed by atoms with Crippen molar-refractivity contribution in [1.29, 1.82) is 0 Å². The van der Waals surface area contributed by atoms with Crippen molar-refractivity contribution < 1.29 is 38.6 Å². The highest BCUT2D eigenvalue weighted by molar-refractivity contribution is 8.77. The minimum absolute atomic E-state index is 0.0582. The number of rotatable bonds is 7. The molecule has 3 rings (SSSR count). The molecular weight excluding hydrogens is 625 g/mol. The third-order valence-corrected chi connectivity index (χ3v) is 11.3. The average molecular weight is 664 g/mol. The van der Waals surface area contributed by atoms with Crippen LogP contribution in [0, 0.1) is 5.82 Å². The van der Waals surface area contributed by atoms with Gasteiger partial charge in [0, 0.05) is 11.2 Å². The summed E-state index contributed by atoms with van der Waals surface area (Å²) < 4.78 is 11.2. The first-order chi connectivity index (χ1) is 21.0. The van der Waals surface area contributed by atoms with Crippen LogP contribution >= 0.6 is 21.6 Å². The minimum Gasteiger partial charge on any atom is -0.508 e. The van der Waals surface area contributed by atoms with Crippen LogP contribution in [0.3, 0.4) is 0 Å². The number of nitrogens with one attached hydrogen (secondary N) is 4. The molecule has 0 saturated carbocycles. The lowest BCUT2D eigenvalue weighted by Gasteiger charge is -2.38. The van der Waals surface area contributed by atoms with Crippen LogP contribution in [0.4, 0.5) is 4.39 Å². The Morgan fingerprint density at radius 1 is 0.956 bits per heavy atom. The fourth-order valence-corrected chi connectivity index (χ4v) is 7.26. The van der Waals surface area contributed by atoms with E-state index in [2.05, 4.69) is 21.3 Å². The standard InChI is InChI=1S/C30H38FN5O7S2/c1-29(2)23(35-25(39)20(32)13-16-7-11-19(37)12-8-16)27(41)33-15-22(38)34-21(14-17-5-9-18(31)10-6-17)26(40)36-24(28(42)43)30(3,4)45-44-29/h5-12,20-21,23-24,37H,13-15,32H2,1-4H3,(H,33,41)(H,34,38)(H,35,39)(H,36,40)(H,42,43)/t20-,21+,23+,24-/m0/s1. The van der Waals surface area contributed by atoms with Gasteiger partial charge >= 0.3 is 5.97 Å². The normalized spacial score (nSPS) is 23.0. The lowest BCUT2D eigenvalue weighted by Crippen LogP contribution is -2.61. The molecule has 0 unspecified atom stereocenters. The summed E-state index contributed by atoms with van der Waals surface area (Å²) in [5, 5.41) is 29.9. The number of carboxylic acid groups (broad SMARTS) is 1. The van der Waals surface area contributed by atoms with Crippen molar-refractivity contribution in [2.75, 3.05) is 6.54 Å². The highest BCUT2D eigenvalue weighted by atomic mass is 33.1. The third kappa shape index (κ3) is 10.1. The second kappa shape index (κ2) is 15.0. The van der Waals surface area contributed by atoms with Crippen LogP contribution < -0.4 is 27.0 Å². The number of phenols is 1. The van der Waals surface area contributed by atoms with E-state index in [4.69, 9.17) is 5.73 Å². The Bertz CT molecular complexity index is 1410. The van der Waals surface area contributed by atoms with Gasteiger partial charge in [0.05, 0.1) is 17.3 Å². The summed E-state index contributed by atoms with van der Waals surface area (Å²) >= 11 is 0. The molecule has 4 amide bonds. The summed E-state index contributed by atoms with van der Waals surface area (Å²) in [6.07, 6.45) is 0.0404. The number of aromatic hydroxyl groups is 1. The zero-order chi connectivity index (χ0) is 33.5. The highest BCUT2D eigenvalue weighted by Crippen LogP contribution is 2.46. The van der Waals surface area contributed by atoms with Gasteiger partial charge in [-0.15, -0.1) is 0 Å². The molecular formula is C30H38FN5O7S2. The van der Waals surface area contributed by atoms with Crippen molar-refractivity contribution in [3.63, 3.8) is 0 Å². The van der Waals surface area contributed by atoms with Gasteiger partial charge in [-0.3, -0.25) is 19.2 Å². The van der Waals surface area contributed by atoms with Crippen LogP contribution in [0.5, 0.6) is 5.75 Å². The zero-order valence-corrected chi connectivity index (χ0v) is 26.9. The van der Waals surface area contributed by atoms with E-state index < -0.39 is 75.6 Å². The number of benzene rings is 2. The van der Waals surface area contributed by atoms with Crippen molar-refractivity contribution >= 4 is 51.2 Å². The smallest absolute Gasteiger partial charge is 0.327 e. The Balaban J connectivity index is 1.89. The molecule has 1 aliphatic rings. The van der Waals surface area contributed by atoms with Crippen LogP contribution in [-0.2, 0) is 36.8 Å². The van der Waals surface area contributed by atoms with Gasteiger partial charge < -0.3 is 37.2 Å². The molecule has 4 atom stereocenters. The van der Waals surface area contributed by atoms with E-state index in [1.54, 1.807) is 39.8 Å². The summed E-state index contributed by atoms with van der Waals surface area (Å²) in [7, 11) is 2.24. The van der Waals surface area contributed by atoms with Gasteiger partial charge in [-0.05, 0) is 69.5 Å². The number of halogens is 1. The Hall–Kier alpha value is -3.82. The fourth-order valence-electron chi connectivity index (χ4n) is 4.45. The molecule has 15 heteroatoms. The van der Waals surface area contributed by atoms with Crippen molar-refractivity contribution in [2.45, 2.75) is 74.2 Å². The van der Waals surface area contributed by atoms with E-state index >= 15 is 0 Å². The molecule has 0 radical (unpaired) electrons. The van der Waals surface area contributed by atoms with Gasteiger partial charge in [0.2, 0.25) is 23.6 Å². The number of aliphatic carboxylic acids is 1. The fraction of sp³-hybridized carbons (Fsp3) is 0.433. The molecule has 1 aliphatic heterocycles. The Morgan fingerprint density at radius 2 is 1.53 bits per heavy atom. The van der Waals surface area contributed by atoms with Gasteiger partial charge in [-0.1, -0.05) is 45.9 Å². The van der Waals surface area contributed by atoms with E-state index in [1.165, 1.54) is 36.4 Å². The second-order valence-electron chi connectivity index (χ2n) is 11.7. The lowest BCUT2D eigenvalue weighted by molar-refractivity contribution is -0.143. The molecule has 0 bridgehead atoms. The quantitative estimate of drug-likeness (QED) is 0.212. The first-order valence-corrected chi connectivity index (χ1v) is 16.2. The molecule has 12 nitrogen and oxygen atoms in total. The van der Waals surface area contributed by atoms with Crippen molar-refractivity contribution in [2.24, 2.45) is 5.73 Å². The van der Waals surface area contributed by atoms with Crippen molar-refractivity contribution in [3.05, 3.63) is 65.5 Å². The van der Waals surface area contributed by atoms with Gasteiger partial charge in [-0.2, -0.15) is 0 Å².